The second-order valence-electron chi connectivity index (χ2n) is 4.38. The van der Waals surface area contributed by atoms with Crippen LogP contribution in [0.4, 0.5) is 0 Å². The maximum absolute atomic E-state index is 5.22. The van der Waals surface area contributed by atoms with Crippen molar-refractivity contribution < 1.29 is 4.74 Å². The van der Waals surface area contributed by atoms with Gasteiger partial charge in [-0.15, -0.1) is 0 Å². The number of nitrogens with one attached hydrogen (secondary N) is 1. The quantitative estimate of drug-likeness (QED) is 0.786. The minimum atomic E-state index is 0.472. The third kappa shape index (κ3) is 3.25. The molecule has 1 aliphatic rings. The molecule has 0 aromatic carbocycles. The molecule has 1 aliphatic carbocycles. The Bertz CT molecular complexity index is 339. The van der Waals surface area contributed by atoms with Crippen LogP contribution in [0.1, 0.15) is 24.4 Å². The number of nitrogens with zero attached hydrogens (tertiary/aromatic N) is 2. The first-order valence-electron chi connectivity index (χ1n) is 5.80. The number of hydrogen-bond acceptors (Lipinski definition) is 4. The zero-order valence-corrected chi connectivity index (χ0v) is 9.94. The van der Waals surface area contributed by atoms with E-state index in [0.29, 0.717) is 6.04 Å². The average Bonchev–Trinajstić information content (AvgIpc) is 3.08. The first-order valence-corrected chi connectivity index (χ1v) is 5.80. The van der Waals surface area contributed by atoms with Crippen molar-refractivity contribution in [3.05, 3.63) is 23.8 Å². The summed E-state index contributed by atoms with van der Waals surface area (Å²) in [5.41, 5.74) is 1.05. The molecule has 1 aromatic heterocycles. The lowest BCUT2D eigenvalue weighted by molar-refractivity contribution is 0.157. The van der Waals surface area contributed by atoms with Gasteiger partial charge in [-0.25, -0.2) is 9.97 Å². The van der Waals surface area contributed by atoms with Crippen LogP contribution in [-0.2, 0) is 11.3 Å². The molecule has 1 fully saturated rings. The number of aryl methyl sites for hydroxylation is 1. The van der Waals surface area contributed by atoms with Crippen LogP contribution in [0, 0.1) is 12.8 Å². The summed E-state index contributed by atoms with van der Waals surface area (Å²) < 4.78 is 5.22. The minimum Gasteiger partial charge on any atom is -0.383 e. The van der Waals surface area contributed by atoms with E-state index in [9.17, 15) is 0 Å². The summed E-state index contributed by atoms with van der Waals surface area (Å²) >= 11 is 0. The van der Waals surface area contributed by atoms with Crippen LogP contribution >= 0.6 is 0 Å². The van der Waals surface area contributed by atoms with Crippen LogP contribution in [0.2, 0.25) is 0 Å². The van der Waals surface area contributed by atoms with Crippen LogP contribution in [0.5, 0.6) is 0 Å². The second kappa shape index (κ2) is 5.37. The summed E-state index contributed by atoms with van der Waals surface area (Å²) in [5, 5.41) is 3.51. The van der Waals surface area contributed by atoms with E-state index in [1.807, 2.05) is 19.2 Å². The fraction of sp³-hybridized carbons (Fsp3) is 0.667. The Balaban J connectivity index is 1.85. The predicted molar refractivity (Wildman–Crippen MR) is 62.0 cm³/mol. The SMILES string of the molecule is COCC(NCc1ccnc(C)n1)C1CC1. The van der Waals surface area contributed by atoms with Crippen molar-refractivity contribution in [1.29, 1.82) is 0 Å². The third-order valence-corrected chi connectivity index (χ3v) is 2.92. The Morgan fingerprint density at radius 1 is 1.56 bits per heavy atom. The lowest BCUT2D eigenvalue weighted by Crippen LogP contribution is -2.34. The average molecular weight is 221 g/mol. The molecule has 88 valence electrons. The van der Waals surface area contributed by atoms with E-state index in [-0.39, 0.29) is 0 Å². The summed E-state index contributed by atoms with van der Waals surface area (Å²) in [6.07, 6.45) is 4.45. The van der Waals surface area contributed by atoms with Crippen LogP contribution in [0.15, 0.2) is 12.3 Å². The number of hydrogen-bond donors (Lipinski definition) is 1. The maximum Gasteiger partial charge on any atom is 0.125 e. The van der Waals surface area contributed by atoms with Gasteiger partial charge in [0.15, 0.2) is 0 Å². The highest BCUT2D eigenvalue weighted by Gasteiger charge is 2.30. The fourth-order valence-electron chi connectivity index (χ4n) is 1.88. The molecule has 0 radical (unpaired) electrons. The molecule has 1 N–H and O–H groups in total. The molecule has 1 atom stereocenters. The Labute approximate surface area is 96.4 Å². The van der Waals surface area contributed by atoms with E-state index in [0.717, 1.165) is 30.6 Å². The third-order valence-electron chi connectivity index (χ3n) is 2.92. The molecule has 1 saturated carbocycles. The fourth-order valence-corrected chi connectivity index (χ4v) is 1.88. The second-order valence-corrected chi connectivity index (χ2v) is 4.38. The molecule has 1 unspecified atom stereocenters. The lowest BCUT2D eigenvalue weighted by Gasteiger charge is -2.16. The topological polar surface area (TPSA) is 47.0 Å². The van der Waals surface area contributed by atoms with Gasteiger partial charge in [0.05, 0.1) is 12.3 Å². The van der Waals surface area contributed by atoms with Gasteiger partial charge >= 0.3 is 0 Å². The Morgan fingerprint density at radius 2 is 2.38 bits per heavy atom. The standard InChI is InChI=1S/C12H19N3O/c1-9-13-6-5-11(15-9)7-14-12(8-16-2)10-3-4-10/h5-6,10,12,14H,3-4,7-8H2,1-2H3. The highest BCUT2D eigenvalue weighted by atomic mass is 16.5. The van der Waals surface area contributed by atoms with Crippen molar-refractivity contribution in [3.63, 3.8) is 0 Å². The van der Waals surface area contributed by atoms with Gasteiger partial charge in [-0.3, -0.25) is 0 Å². The van der Waals surface area contributed by atoms with Crippen molar-refractivity contribution in [2.75, 3.05) is 13.7 Å². The molecule has 0 spiro atoms. The largest absolute Gasteiger partial charge is 0.383 e. The van der Waals surface area contributed by atoms with E-state index in [1.54, 1.807) is 7.11 Å². The smallest absolute Gasteiger partial charge is 0.125 e. The van der Waals surface area contributed by atoms with E-state index in [1.165, 1.54) is 12.8 Å². The zero-order chi connectivity index (χ0) is 11.4. The van der Waals surface area contributed by atoms with Crippen LogP contribution in [0.25, 0.3) is 0 Å². The molecule has 4 heteroatoms. The van der Waals surface area contributed by atoms with Gasteiger partial charge in [0.1, 0.15) is 5.82 Å². The molecular weight excluding hydrogens is 202 g/mol. The number of aromatic nitrogens is 2. The van der Waals surface area contributed by atoms with E-state index in [2.05, 4.69) is 15.3 Å². The summed E-state index contributed by atoms with van der Waals surface area (Å²) in [5.74, 6) is 1.62. The van der Waals surface area contributed by atoms with Crippen molar-refractivity contribution in [2.24, 2.45) is 5.92 Å². The lowest BCUT2D eigenvalue weighted by atomic mass is 10.2. The Morgan fingerprint density at radius 3 is 3.00 bits per heavy atom. The van der Waals surface area contributed by atoms with Crippen LogP contribution in [-0.4, -0.2) is 29.7 Å². The zero-order valence-electron chi connectivity index (χ0n) is 9.94. The molecule has 1 heterocycles. The minimum absolute atomic E-state index is 0.472. The van der Waals surface area contributed by atoms with Crippen molar-refractivity contribution >= 4 is 0 Å². The summed E-state index contributed by atoms with van der Waals surface area (Å²) in [6.45, 7) is 3.50. The van der Waals surface area contributed by atoms with Gasteiger partial charge in [0.25, 0.3) is 0 Å². The van der Waals surface area contributed by atoms with Crippen molar-refractivity contribution in [1.82, 2.24) is 15.3 Å². The molecule has 0 saturated heterocycles. The van der Waals surface area contributed by atoms with Gasteiger partial charge in [-0.1, -0.05) is 0 Å². The van der Waals surface area contributed by atoms with E-state index >= 15 is 0 Å². The van der Waals surface area contributed by atoms with Crippen molar-refractivity contribution in [2.45, 2.75) is 32.4 Å². The first-order chi connectivity index (χ1) is 7.79. The number of rotatable bonds is 6. The predicted octanol–water partition coefficient (Wildman–Crippen LogP) is 1.30. The molecule has 0 aliphatic heterocycles. The number of methoxy groups -OCH3 is 1. The van der Waals surface area contributed by atoms with E-state index < -0.39 is 0 Å². The Hall–Kier alpha value is -1.00. The monoisotopic (exact) mass is 221 g/mol. The molecule has 4 nitrogen and oxygen atoms in total. The molecule has 2 rings (SSSR count). The summed E-state index contributed by atoms with van der Waals surface area (Å²) in [7, 11) is 1.76. The highest BCUT2D eigenvalue weighted by Crippen LogP contribution is 2.32. The maximum atomic E-state index is 5.22. The van der Waals surface area contributed by atoms with Crippen LogP contribution < -0.4 is 5.32 Å². The van der Waals surface area contributed by atoms with E-state index in [4.69, 9.17) is 4.74 Å². The molecular formula is C12H19N3O. The van der Waals surface area contributed by atoms with Crippen molar-refractivity contribution in [3.8, 4) is 0 Å². The van der Waals surface area contributed by atoms with Gasteiger partial charge in [-0.2, -0.15) is 0 Å². The molecule has 0 amide bonds. The Kier molecular flexibility index (Phi) is 3.85. The first kappa shape index (κ1) is 11.5. The molecule has 1 aromatic rings. The molecule has 0 bridgehead atoms. The van der Waals surface area contributed by atoms with Gasteiger partial charge in [-0.05, 0) is 31.7 Å². The number of ether oxygens (including phenoxy) is 1. The normalized spacial score (nSPS) is 17.4. The van der Waals surface area contributed by atoms with Gasteiger partial charge in [0, 0.05) is 25.9 Å². The van der Waals surface area contributed by atoms with Crippen LogP contribution in [0.3, 0.4) is 0 Å². The van der Waals surface area contributed by atoms with Gasteiger partial charge in [0.2, 0.25) is 0 Å². The summed E-state index contributed by atoms with van der Waals surface area (Å²) in [4.78, 5) is 8.46. The molecule has 16 heavy (non-hydrogen) atoms. The van der Waals surface area contributed by atoms with Gasteiger partial charge < -0.3 is 10.1 Å². The summed E-state index contributed by atoms with van der Waals surface area (Å²) in [6, 6.07) is 2.43. The highest BCUT2D eigenvalue weighted by molar-refractivity contribution is 5.02.